The molecule has 1 saturated heterocycles. The summed E-state index contributed by atoms with van der Waals surface area (Å²) in [6, 6.07) is 15.4. The SMILES string of the molecule is CCc1ccccc1N1CC(C(=O)N(C)CC2COc3ccccc3O2)CC1=O. The van der Waals surface area contributed by atoms with Crippen LogP contribution in [0.1, 0.15) is 18.9 Å². The summed E-state index contributed by atoms with van der Waals surface area (Å²) in [5.74, 6) is 1.06. The Balaban J connectivity index is 1.39. The van der Waals surface area contributed by atoms with Gasteiger partial charge < -0.3 is 19.3 Å². The van der Waals surface area contributed by atoms with E-state index in [2.05, 4.69) is 6.92 Å². The number of ether oxygens (including phenoxy) is 2. The number of carbonyl (C=O) groups excluding carboxylic acids is 2. The molecule has 152 valence electrons. The van der Waals surface area contributed by atoms with Crippen molar-refractivity contribution in [2.24, 2.45) is 5.92 Å². The van der Waals surface area contributed by atoms with Crippen LogP contribution >= 0.6 is 0 Å². The van der Waals surface area contributed by atoms with Gasteiger partial charge in [-0.1, -0.05) is 37.3 Å². The fourth-order valence-electron chi connectivity index (χ4n) is 4.04. The summed E-state index contributed by atoms with van der Waals surface area (Å²) in [5, 5.41) is 0. The quantitative estimate of drug-likeness (QED) is 0.783. The lowest BCUT2D eigenvalue weighted by atomic mass is 10.1. The average molecular weight is 394 g/mol. The van der Waals surface area contributed by atoms with Gasteiger partial charge in [0.2, 0.25) is 11.8 Å². The predicted octanol–water partition coefficient (Wildman–Crippen LogP) is 2.90. The summed E-state index contributed by atoms with van der Waals surface area (Å²) in [7, 11) is 1.76. The second-order valence-corrected chi connectivity index (χ2v) is 7.60. The van der Waals surface area contributed by atoms with Crippen LogP contribution in [0, 0.1) is 5.92 Å². The van der Waals surface area contributed by atoms with Gasteiger partial charge >= 0.3 is 0 Å². The summed E-state index contributed by atoms with van der Waals surface area (Å²) in [4.78, 5) is 29.0. The molecule has 0 aliphatic carbocycles. The molecule has 2 aromatic rings. The number of rotatable bonds is 5. The molecule has 0 radical (unpaired) electrons. The minimum Gasteiger partial charge on any atom is -0.486 e. The van der Waals surface area contributed by atoms with Gasteiger partial charge in [0, 0.05) is 25.7 Å². The fourth-order valence-corrected chi connectivity index (χ4v) is 4.04. The van der Waals surface area contributed by atoms with E-state index in [4.69, 9.17) is 9.47 Å². The topological polar surface area (TPSA) is 59.1 Å². The van der Waals surface area contributed by atoms with Gasteiger partial charge in [0.15, 0.2) is 17.6 Å². The molecule has 2 heterocycles. The molecular weight excluding hydrogens is 368 g/mol. The molecule has 0 N–H and O–H groups in total. The van der Waals surface area contributed by atoms with Gasteiger partial charge in [-0.25, -0.2) is 0 Å². The van der Waals surface area contributed by atoms with Crippen molar-refractivity contribution in [3.05, 3.63) is 54.1 Å². The predicted molar refractivity (Wildman–Crippen MR) is 110 cm³/mol. The van der Waals surface area contributed by atoms with Gasteiger partial charge in [-0.2, -0.15) is 0 Å². The van der Waals surface area contributed by atoms with Crippen LogP contribution in [-0.2, 0) is 16.0 Å². The molecule has 1 fully saturated rings. The number of fused-ring (bicyclic) bond motifs is 1. The summed E-state index contributed by atoms with van der Waals surface area (Å²) in [6.45, 7) is 3.31. The van der Waals surface area contributed by atoms with Crippen molar-refractivity contribution in [2.45, 2.75) is 25.9 Å². The number of carbonyl (C=O) groups is 2. The van der Waals surface area contributed by atoms with Gasteiger partial charge in [0.1, 0.15) is 6.61 Å². The highest BCUT2D eigenvalue weighted by Gasteiger charge is 2.37. The molecule has 6 heteroatoms. The lowest BCUT2D eigenvalue weighted by Gasteiger charge is -2.30. The number of likely N-dealkylation sites (N-methyl/N-ethyl adjacent to an activating group) is 1. The smallest absolute Gasteiger partial charge is 0.227 e. The van der Waals surface area contributed by atoms with E-state index >= 15 is 0 Å². The van der Waals surface area contributed by atoms with Gasteiger partial charge in [-0.05, 0) is 30.2 Å². The van der Waals surface area contributed by atoms with E-state index in [1.165, 1.54) is 0 Å². The molecule has 2 unspecified atom stereocenters. The summed E-state index contributed by atoms with van der Waals surface area (Å²) >= 11 is 0. The van der Waals surface area contributed by atoms with Gasteiger partial charge in [0.05, 0.1) is 12.5 Å². The third kappa shape index (κ3) is 3.92. The molecule has 0 bridgehead atoms. The number of anilines is 1. The first-order valence-electron chi connectivity index (χ1n) is 10.1. The molecule has 0 saturated carbocycles. The van der Waals surface area contributed by atoms with Gasteiger partial charge in [-0.3, -0.25) is 9.59 Å². The third-order valence-corrected chi connectivity index (χ3v) is 5.56. The molecule has 0 aromatic heterocycles. The zero-order chi connectivity index (χ0) is 20.4. The minimum atomic E-state index is -0.339. The molecule has 2 atom stereocenters. The first kappa shape index (κ1) is 19.3. The Kier molecular flexibility index (Phi) is 5.43. The monoisotopic (exact) mass is 394 g/mol. The maximum atomic E-state index is 13.0. The molecule has 6 nitrogen and oxygen atoms in total. The van der Waals surface area contributed by atoms with E-state index in [1.807, 2.05) is 48.5 Å². The number of benzene rings is 2. The number of para-hydroxylation sites is 3. The number of hydrogen-bond donors (Lipinski definition) is 0. The second-order valence-electron chi connectivity index (χ2n) is 7.60. The zero-order valence-electron chi connectivity index (χ0n) is 16.8. The molecule has 2 amide bonds. The zero-order valence-corrected chi connectivity index (χ0v) is 16.8. The maximum Gasteiger partial charge on any atom is 0.227 e. The number of hydrogen-bond acceptors (Lipinski definition) is 4. The first-order chi connectivity index (χ1) is 14.1. The molecule has 2 aromatic carbocycles. The van der Waals surface area contributed by atoms with E-state index in [-0.39, 0.29) is 30.3 Å². The van der Waals surface area contributed by atoms with Crippen LogP contribution in [0.25, 0.3) is 0 Å². The average Bonchev–Trinajstić information content (AvgIpc) is 3.14. The highest BCUT2D eigenvalue weighted by Crippen LogP contribution is 2.32. The Labute approximate surface area is 171 Å². The lowest BCUT2D eigenvalue weighted by molar-refractivity contribution is -0.135. The standard InChI is InChI=1S/C23H26N2O4/c1-3-16-8-4-5-9-19(16)25-13-17(12-22(25)26)23(27)24(2)14-18-15-28-20-10-6-7-11-21(20)29-18/h4-11,17-18H,3,12-15H2,1-2H3. The molecular formula is C23H26N2O4. The van der Waals surface area contributed by atoms with Crippen LogP contribution in [-0.4, -0.2) is 49.6 Å². The van der Waals surface area contributed by atoms with Crippen molar-refractivity contribution in [3.8, 4) is 11.5 Å². The van der Waals surface area contributed by atoms with Crippen LogP contribution in [0.4, 0.5) is 5.69 Å². The number of aryl methyl sites for hydroxylation is 1. The van der Waals surface area contributed by atoms with Crippen molar-refractivity contribution in [1.82, 2.24) is 4.90 Å². The van der Waals surface area contributed by atoms with Crippen molar-refractivity contribution in [2.75, 3.05) is 31.6 Å². The van der Waals surface area contributed by atoms with Crippen LogP contribution in [0.3, 0.4) is 0 Å². The molecule has 2 aliphatic heterocycles. The normalized spacial score (nSPS) is 20.6. The lowest BCUT2D eigenvalue weighted by Crippen LogP contribution is -2.44. The van der Waals surface area contributed by atoms with E-state index in [0.717, 1.165) is 23.4 Å². The van der Waals surface area contributed by atoms with Crippen molar-refractivity contribution >= 4 is 17.5 Å². The highest BCUT2D eigenvalue weighted by molar-refractivity contribution is 6.00. The maximum absolute atomic E-state index is 13.0. The number of nitrogens with zero attached hydrogens (tertiary/aromatic N) is 2. The van der Waals surface area contributed by atoms with E-state index in [1.54, 1.807) is 16.8 Å². The highest BCUT2D eigenvalue weighted by atomic mass is 16.6. The summed E-state index contributed by atoms with van der Waals surface area (Å²) < 4.78 is 11.7. The van der Waals surface area contributed by atoms with Crippen molar-refractivity contribution < 1.29 is 19.1 Å². The third-order valence-electron chi connectivity index (χ3n) is 5.56. The first-order valence-corrected chi connectivity index (χ1v) is 10.1. The Morgan fingerprint density at radius 3 is 2.66 bits per heavy atom. The van der Waals surface area contributed by atoms with Crippen LogP contribution in [0.5, 0.6) is 11.5 Å². The van der Waals surface area contributed by atoms with Crippen molar-refractivity contribution in [3.63, 3.8) is 0 Å². The largest absolute Gasteiger partial charge is 0.486 e. The summed E-state index contributed by atoms with van der Waals surface area (Å²) in [5.41, 5.74) is 2.03. The number of amides is 2. The fraction of sp³-hybridized carbons (Fsp3) is 0.391. The summed E-state index contributed by atoms with van der Waals surface area (Å²) in [6.07, 6.45) is 0.860. The van der Waals surface area contributed by atoms with Crippen LogP contribution in [0.2, 0.25) is 0 Å². The Hall–Kier alpha value is -3.02. The van der Waals surface area contributed by atoms with E-state index in [0.29, 0.717) is 25.4 Å². The molecule has 0 spiro atoms. The van der Waals surface area contributed by atoms with E-state index < -0.39 is 0 Å². The molecule has 29 heavy (non-hydrogen) atoms. The van der Waals surface area contributed by atoms with E-state index in [9.17, 15) is 9.59 Å². The Morgan fingerprint density at radius 2 is 1.86 bits per heavy atom. The molecule has 2 aliphatic rings. The second kappa shape index (κ2) is 8.15. The van der Waals surface area contributed by atoms with Crippen LogP contribution < -0.4 is 14.4 Å². The Morgan fingerprint density at radius 1 is 1.14 bits per heavy atom. The van der Waals surface area contributed by atoms with Crippen LogP contribution in [0.15, 0.2) is 48.5 Å². The Bertz CT molecular complexity index is 913. The van der Waals surface area contributed by atoms with Gasteiger partial charge in [-0.15, -0.1) is 0 Å². The molecule has 4 rings (SSSR count). The van der Waals surface area contributed by atoms with Crippen molar-refractivity contribution in [1.29, 1.82) is 0 Å². The minimum absolute atomic E-state index is 0.00354. The van der Waals surface area contributed by atoms with Gasteiger partial charge in [0.25, 0.3) is 0 Å².